The molecule has 0 aliphatic rings. The van der Waals surface area contributed by atoms with Crippen LogP contribution in [0.2, 0.25) is 5.02 Å². The molecule has 92 valence electrons. The minimum absolute atomic E-state index is 0.109. The summed E-state index contributed by atoms with van der Waals surface area (Å²) in [5.74, 6) is 2.43. The van der Waals surface area contributed by atoms with Gasteiger partial charge in [0, 0.05) is 25.2 Å². The third-order valence-electron chi connectivity index (χ3n) is 2.39. The number of rotatable bonds is 5. The summed E-state index contributed by atoms with van der Waals surface area (Å²) in [4.78, 5) is 11.9. The van der Waals surface area contributed by atoms with E-state index in [1.165, 1.54) is 0 Å². The Balaban J connectivity index is 2.65. The predicted molar refractivity (Wildman–Crippen MR) is 70.2 cm³/mol. The lowest BCUT2D eigenvalue weighted by Gasteiger charge is -2.12. The van der Waals surface area contributed by atoms with E-state index < -0.39 is 0 Å². The van der Waals surface area contributed by atoms with Crippen LogP contribution in [0.1, 0.15) is 43.2 Å². The molecule has 0 radical (unpaired) electrons. The van der Waals surface area contributed by atoms with Crippen LogP contribution < -0.4 is 5.32 Å². The van der Waals surface area contributed by atoms with E-state index in [4.69, 9.17) is 18.0 Å². The zero-order valence-corrected chi connectivity index (χ0v) is 10.9. The molecule has 0 aromatic carbocycles. The second kappa shape index (κ2) is 6.36. The Morgan fingerprint density at radius 2 is 2.35 bits per heavy atom. The van der Waals surface area contributed by atoms with Crippen LogP contribution >= 0.6 is 11.6 Å². The van der Waals surface area contributed by atoms with Crippen molar-refractivity contribution in [3.63, 3.8) is 0 Å². The minimum atomic E-state index is -0.109. The van der Waals surface area contributed by atoms with Crippen molar-refractivity contribution in [1.82, 2.24) is 9.88 Å². The highest BCUT2D eigenvalue weighted by atomic mass is 35.5. The van der Waals surface area contributed by atoms with Gasteiger partial charge in [-0.3, -0.25) is 4.79 Å². The van der Waals surface area contributed by atoms with Crippen molar-refractivity contribution >= 4 is 17.5 Å². The Labute approximate surface area is 107 Å². The highest BCUT2D eigenvalue weighted by Gasteiger charge is 2.14. The molecule has 0 aliphatic heterocycles. The van der Waals surface area contributed by atoms with Crippen LogP contribution in [0.15, 0.2) is 12.3 Å². The van der Waals surface area contributed by atoms with Gasteiger partial charge in [0.05, 0.1) is 5.02 Å². The first-order chi connectivity index (χ1) is 8.06. The van der Waals surface area contributed by atoms with E-state index in [-0.39, 0.29) is 11.9 Å². The summed E-state index contributed by atoms with van der Waals surface area (Å²) < 4.78 is 1.86. The molecule has 0 atom stereocenters. The molecule has 0 unspecified atom stereocenters. The highest BCUT2D eigenvalue weighted by molar-refractivity contribution is 6.31. The molecule has 0 spiro atoms. The van der Waals surface area contributed by atoms with Crippen molar-refractivity contribution in [2.45, 2.75) is 32.7 Å². The van der Waals surface area contributed by atoms with E-state index in [1.807, 2.05) is 18.4 Å². The van der Waals surface area contributed by atoms with E-state index in [9.17, 15) is 4.79 Å². The molecule has 0 fully saturated rings. The largest absolute Gasteiger partial charge is 0.351 e. The summed E-state index contributed by atoms with van der Waals surface area (Å²) in [6.07, 6.45) is 8.37. The average molecular weight is 253 g/mol. The fourth-order valence-electron chi connectivity index (χ4n) is 1.54. The van der Waals surface area contributed by atoms with Gasteiger partial charge in [-0.1, -0.05) is 11.6 Å². The normalized spacial score (nSPS) is 10.3. The quantitative estimate of drug-likeness (QED) is 0.635. The standard InChI is InChI=1S/C13H17ClN2O/c1-4-5-6-7-15-13(17)12-8-11(14)9-16(12)10(2)3/h1,8-10H,5-7H2,2-3H3,(H,15,17). The average Bonchev–Trinajstić information content (AvgIpc) is 2.66. The van der Waals surface area contributed by atoms with Gasteiger partial charge >= 0.3 is 0 Å². The molecule has 1 N–H and O–H groups in total. The summed E-state index contributed by atoms with van der Waals surface area (Å²) in [6.45, 7) is 4.60. The van der Waals surface area contributed by atoms with Gasteiger partial charge in [-0.15, -0.1) is 12.3 Å². The zero-order chi connectivity index (χ0) is 12.8. The van der Waals surface area contributed by atoms with Crippen molar-refractivity contribution in [3.05, 3.63) is 23.0 Å². The molecule has 1 aromatic heterocycles. The fourth-order valence-corrected chi connectivity index (χ4v) is 1.75. The molecule has 0 saturated carbocycles. The van der Waals surface area contributed by atoms with Gasteiger partial charge in [0.25, 0.3) is 5.91 Å². The van der Waals surface area contributed by atoms with Crippen molar-refractivity contribution in [3.8, 4) is 12.3 Å². The molecule has 0 aliphatic carbocycles. The van der Waals surface area contributed by atoms with Gasteiger partial charge in [-0.2, -0.15) is 0 Å². The first-order valence-electron chi connectivity index (χ1n) is 5.65. The number of halogens is 1. The Bertz CT molecular complexity index is 429. The number of nitrogens with zero attached hydrogens (tertiary/aromatic N) is 1. The summed E-state index contributed by atoms with van der Waals surface area (Å²) in [5.41, 5.74) is 0.589. The molecular formula is C13H17ClN2O. The minimum Gasteiger partial charge on any atom is -0.351 e. The Hall–Kier alpha value is -1.40. The topological polar surface area (TPSA) is 34.0 Å². The highest BCUT2D eigenvalue weighted by Crippen LogP contribution is 2.18. The lowest BCUT2D eigenvalue weighted by molar-refractivity contribution is 0.0942. The van der Waals surface area contributed by atoms with Crippen LogP contribution in [0.25, 0.3) is 0 Å². The molecule has 0 bridgehead atoms. The Morgan fingerprint density at radius 3 is 2.94 bits per heavy atom. The molecule has 1 rings (SSSR count). The van der Waals surface area contributed by atoms with Crippen LogP contribution in [0.4, 0.5) is 0 Å². The molecule has 17 heavy (non-hydrogen) atoms. The SMILES string of the molecule is C#CCCCNC(=O)c1cc(Cl)cn1C(C)C. The zero-order valence-electron chi connectivity index (χ0n) is 10.2. The molecule has 4 heteroatoms. The van der Waals surface area contributed by atoms with E-state index in [1.54, 1.807) is 12.3 Å². The summed E-state index contributed by atoms with van der Waals surface area (Å²) in [5, 5.41) is 3.40. The number of aromatic nitrogens is 1. The van der Waals surface area contributed by atoms with Crippen molar-refractivity contribution in [2.24, 2.45) is 0 Å². The van der Waals surface area contributed by atoms with E-state index in [0.717, 1.165) is 6.42 Å². The molecule has 1 amide bonds. The number of hydrogen-bond acceptors (Lipinski definition) is 1. The van der Waals surface area contributed by atoms with E-state index in [2.05, 4.69) is 11.2 Å². The molecular weight excluding hydrogens is 236 g/mol. The first-order valence-corrected chi connectivity index (χ1v) is 6.03. The number of carbonyl (C=O) groups is 1. The van der Waals surface area contributed by atoms with Gasteiger partial charge < -0.3 is 9.88 Å². The lowest BCUT2D eigenvalue weighted by atomic mass is 10.3. The van der Waals surface area contributed by atoms with Crippen LogP contribution in [0, 0.1) is 12.3 Å². The van der Waals surface area contributed by atoms with Crippen LogP contribution in [-0.2, 0) is 0 Å². The first kappa shape index (κ1) is 13.7. The number of nitrogens with one attached hydrogen (secondary N) is 1. The second-order valence-corrected chi connectivity index (χ2v) is 4.54. The third kappa shape index (κ3) is 3.83. The molecule has 1 heterocycles. The fraction of sp³-hybridized carbons (Fsp3) is 0.462. The number of hydrogen-bond donors (Lipinski definition) is 1. The van der Waals surface area contributed by atoms with Crippen LogP contribution in [0.3, 0.4) is 0 Å². The molecule has 0 saturated heterocycles. The van der Waals surface area contributed by atoms with E-state index in [0.29, 0.717) is 23.7 Å². The maximum Gasteiger partial charge on any atom is 0.267 e. The smallest absolute Gasteiger partial charge is 0.267 e. The summed E-state index contributed by atoms with van der Waals surface area (Å²) in [7, 11) is 0. The summed E-state index contributed by atoms with van der Waals surface area (Å²) in [6, 6.07) is 1.88. The summed E-state index contributed by atoms with van der Waals surface area (Å²) >= 11 is 5.91. The Morgan fingerprint density at radius 1 is 1.65 bits per heavy atom. The van der Waals surface area contributed by atoms with Gasteiger partial charge in [-0.25, -0.2) is 0 Å². The van der Waals surface area contributed by atoms with Gasteiger partial charge in [0.2, 0.25) is 0 Å². The van der Waals surface area contributed by atoms with E-state index >= 15 is 0 Å². The lowest BCUT2D eigenvalue weighted by Crippen LogP contribution is -2.27. The number of amides is 1. The number of unbranched alkanes of at least 4 members (excludes halogenated alkanes) is 1. The van der Waals surface area contributed by atoms with Gasteiger partial charge in [0.1, 0.15) is 5.69 Å². The predicted octanol–water partition coefficient (Wildman–Crippen LogP) is 2.87. The molecule has 1 aromatic rings. The van der Waals surface area contributed by atoms with Gasteiger partial charge in [-0.05, 0) is 26.3 Å². The third-order valence-corrected chi connectivity index (χ3v) is 2.59. The Kier molecular flexibility index (Phi) is 5.11. The molecule has 3 nitrogen and oxygen atoms in total. The monoisotopic (exact) mass is 252 g/mol. The van der Waals surface area contributed by atoms with Gasteiger partial charge in [0.15, 0.2) is 0 Å². The van der Waals surface area contributed by atoms with Crippen molar-refractivity contribution in [1.29, 1.82) is 0 Å². The maximum atomic E-state index is 11.9. The number of carbonyl (C=O) groups excluding carboxylic acids is 1. The van der Waals surface area contributed by atoms with Crippen molar-refractivity contribution < 1.29 is 4.79 Å². The number of terminal acetylenes is 1. The maximum absolute atomic E-state index is 11.9. The van der Waals surface area contributed by atoms with Crippen LogP contribution in [-0.4, -0.2) is 17.0 Å². The van der Waals surface area contributed by atoms with Crippen LogP contribution in [0.5, 0.6) is 0 Å². The second-order valence-electron chi connectivity index (χ2n) is 4.11. The van der Waals surface area contributed by atoms with Crippen molar-refractivity contribution in [2.75, 3.05) is 6.54 Å².